The van der Waals surface area contributed by atoms with E-state index in [1.165, 1.54) is 18.2 Å². The van der Waals surface area contributed by atoms with Crippen LogP contribution in [0.4, 0.5) is 4.39 Å². The molecule has 1 aromatic carbocycles. The van der Waals surface area contributed by atoms with Gasteiger partial charge in [-0.25, -0.2) is 4.39 Å². The van der Waals surface area contributed by atoms with Gasteiger partial charge < -0.3 is 11.1 Å². The van der Waals surface area contributed by atoms with Gasteiger partial charge in [0.05, 0.1) is 12.6 Å². The average Bonchev–Trinajstić information content (AvgIpc) is 2.25. The van der Waals surface area contributed by atoms with Crippen LogP contribution in [0.2, 0.25) is 0 Å². The molecule has 1 unspecified atom stereocenters. The highest BCUT2D eigenvalue weighted by atomic mass is 19.1. The minimum Gasteiger partial charge on any atom is -0.345 e. The lowest BCUT2D eigenvalue weighted by molar-refractivity contribution is -0.120. The van der Waals surface area contributed by atoms with E-state index < -0.39 is 6.04 Å². The first-order valence-corrected chi connectivity index (χ1v) is 4.55. The zero-order valence-corrected chi connectivity index (χ0v) is 8.24. The lowest BCUT2D eigenvalue weighted by Gasteiger charge is -2.14. The van der Waals surface area contributed by atoms with Crippen molar-refractivity contribution in [1.82, 2.24) is 5.32 Å². The molecule has 0 saturated carbocycles. The van der Waals surface area contributed by atoms with Crippen molar-refractivity contribution in [1.29, 1.82) is 0 Å². The van der Waals surface area contributed by atoms with Gasteiger partial charge in [-0.15, -0.1) is 6.58 Å². The quantitative estimate of drug-likeness (QED) is 0.729. The Morgan fingerprint density at radius 3 is 2.93 bits per heavy atom. The van der Waals surface area contributed by atoms with Gasteiger partial charge in [0.1, 0.15) is 5.82 Å². The molecule has 1 rings (SSSR count). The minimum absolute atomic E-state index is 0.0976. The molecule has 0 saturated heterocycles. The molecule has 3 N–H and O–H groups in total. The first kappa shape index (κ1) is 11.4. The van der Waals surface area contributed by atoms with Crippen molar-refractivity contribution < 1.29 is 9.18 Å². The third-order valence-electron chi connectivity index (χ3n) is 1.95. The van der Waals surface area contributed by atoms with Crippen molar-refractivity contribution in [3.05, 3.63) is 48.3 Å². The second-order valence-electron chi connectivity index (χ2n) is 3.04. The van der Waals surface area contributed by atoms with E-state index in [9.17, 15) is 9.18 Å². The van der Waals surface area contributed by atoms with E-state index in [2.05, 4.69) is 11.9 Å². The van der Waals surface area contributed by atoms with Crippen LogP contribution in [0.15, 0.2) is 36.9 Å². The summed E-state index contributed by atoms with van der Waals surface area (Å²) >= 11 is 0. The maximum absolute atomic E-state index is 12.9. The van der Waals surface area contributed by atoms with Crippen molar-refractivity contribution in [3.63, 3.8) is 0 Å². The normalized spacial score (nSPS) is 11.9. The number of benzene rings is 1. The Hall–Kier alpha value is -1.68. The maximum atomic E-state index is 12.9. The first-order chi connectivity index (χ1) is 7.17. The molecule has 4 heteroatoms. The van der Waals surface area contributed by atoms with Gasteiger partial charge in [0, 0.05) is 0 Å². The number of nitrogens with one attached hydrogen (secondary N) is 1. The highest BCUT2D eigenvalue weighted by Crippen LogP contribution is 2.14. The molecular weight excluding hydrogens is 195 g/mol. The molecule has 0 radical (unpaired) electrons. The van der Waals surface area contributed by atoms with Crippen molar-refractivity contribution in [3.8, 4) is 0 Å². The van der Waals surface area contributed by atoms with Gasteiger partial charge in [-0.1, -0.05) is 18.2 Å². The highest BCUT2D eigenvalue weighted by Gasteiger charge is 2.10. The number of hydrogen-bond acceptors (Lipinski definition) is 2. The van der Waals surface area contributed by atoms with Gasteiger partial charge in [0.25, 0.3) is 0 Å². The van der Waals surface area contributed by atoms with E-state index in [0.717, 1.165) is 0 Å². The van der Waals surface area contributed by atoms with E-state index in [0.29, 0.717) is 5.56 Å². The number of hydrogen-bond donors (Lipinski definition) is 2. The molecule has 15 heavy (non-hydrogen) atoms. The average molecular weight is 208 g/mol. The summed E-state index contributed by atoms with van der Waals surface area (Å²) in [6, 6.07) is 5.58. The van der Waals surface area contributed by atoms with E-state index in [-0.39, 0.29) is 18.3 Å². The Labute approximate surface area is 87.8 Å². The Morgan fingerprint density at radius 2 is 2.40 bits per heavy atom. The van der Waals surface area contributed by atoms with Crippen LogP contribution < -0.4 is 11.1 Å². The Kier molecular flexibility index (Phi) is 4.00. The summed E-state index contributed by atoms with van der Waals surface area (Å²) in [5, 5.41) is 2.61. The predicted octanol–water partition coefficient (Wildman–Crippen LogP) is 1.13. The number of carbonyl (C=O) groups excluding carboxylic acids is 1. The van der Waals surface area contributed by atoms with Crippen LogP contribution in [0, 0.1) is 5.82 Å². The summed E-state index contributed by atoms with van der Waals surface area (Å²) in [4.78, 5) is 11.1. The molecule has 0 aliphatic carbocycles. The fraction of sp³-hybridized carbons (Fsp3) is 0.182. The van der Waals surface area contributed by atoms with Crippen LogP contribution in [0.1, 0.15) is 11.6 Å². The number of carbonyl (C=O) groups is 1. The fourth-order valence-electron chi connectivity index (χ4n) is 1.21. The van der Waals surface area contributed by atoms with Gasteiger partial charge >= 0.3 is 0 Å². The third-order valence-corrected chi connectivity index (χ3v) is 1.95. The molecule has 0 bridgehead atoms. The largest absolute Gasteiger partial charge is 0.345 e. The van der Waals surface area contributed by atoms with Crippen LogP contribution >= 0.6 is 0 Å². The number of rotatable bonds is 4. The number of amides is 1. The van der Waals surface area contributed by atoms with E-state index in [4.69, 9.17) is 5.73 Å². The summed E-state index contributed by atoms with van der Waals surface area (Å²) in [6.45, 7) is 3.48. The predicted molar refractivity (Wildman–Crippen MR) is 56.5 cm³/mol. The monoisotopic (exact) mass is 208 g/mol. The lowest BCUT2D eigenvalue weighted by Crippen LogP contribution is -2.32. The molecule has 1 amide bonds. The number of nitrogens with two attached hydrogens (primary N) is 1. The van der Waals surface area contributed by atoms with E-state index in [1.807, 2.05) is 0 Å². The standard InChI is InChI=1S/C11H13FN2O/c1-2-10(14-11(15)7-13)8-4-3-5-9(12)6-8/h2-6,10H,1,7,13H2,(H,14,15). The summed E-state index contributed by atoms with van der Waals surface area (Å²) < 4.78 is 12.9. The van der Waals surface area contributed by atoms with Gasteiger partial charge in [-0.2, -0.15) is 0 Å². The fourth-order valence-corrected chi connectivity index (χ4v) is 1.21. The van der Waals surface area contributed by atoms with Crippen molar-refractivity contribution in [2.75, 3.05) is 6.54 Å². The lowest BCUT2D eigenvalue weighted by atomic mass is 10.1. The second-order valence-corrected chi connectivity index (χ2v) is 3.04. The Morgan fingerprint density at radius 1 is 1.67 bits per heavy atom. The summed E-state index contributed by atoms with van der Waals surface area (Å²) in [6.07, 6.45) is 1.53. The van der Waals surface area contributed by atoms with Gasteiger partial charge in [-0.05, 0) is 17.7 Å². The SMILES string of the molecule is C=CC(NC(=O)CN)c1cccc(F)c1. The molecule has 1 aromatic rings. The summed E-state index contributed by atoms with van der Waals surface area (Å²) in [5.74, 6) is -0.648. The molecule has 0 aliphatic heterocycles. The maximum Gasteiger partial charge on any atom is 0.234 e. The number of halogens is 1. The van der Waals surface area contributed by atoms with Crippen molar-refractivity contribution >= 4 is 5.91 Å². The minimum atomic E-state index is -0.406. The van der Waals surface area contributed by atoms with E-state index >= 15 is 0 Å². The molecule has 0 spiro atoms. The topological polar surface area (TPSA) is 55.1 Å². The summed E-state index contributed by atoms with van der Waals surface area (Å²) in [5.41, 5.74) is 5.81. The van der Waals surface area contributed by atoms with Gasteiger partial charge in [0.2, 0.25) is 5.91 Å². The highest BCUT2D eigenvalue weighted by molar-refractivity contribution is 5.78. The molecule has 1 atom stereocenters. The van der Waals surface area contributed by atoms with Crippen LogP contribution in [0.5, 0.6) is 0 Å². The molecule has 0 heterocycles. The zero-order chi connectivity index (χ0) is 11.3. The van der Waals surface area contributed by atoms with Gasteiger partial charge in [-0.3, -0.25) is 4.79 Å². The summed E-state index contributed by atoms with van der Waals surface area (Å²) in [7, 11) is 0. The molecule has 3 nitrogen and oxygen atoms in total. The molecule has 80 valence electrons. The van der Waals surface area contributed by atoms with Crippen molar-refractivity contribution in [2.24, 2.45) is 5.73 Å². The van der Waals surface area contributed by atoms with E-state index in [1.54, 1.807) is 12.1 Å². The smallest absolute Gasteiger partial charge is 0.234 e. The zero-order valence-electron chi connectivity index (χ0n) is 8.24. The van der Waals surface area contributed by atoms with Crippen LogP contribution in [-0.2, 0) is 4.79 Å². The van der Waals surface area contributed by atoms with Gasteiger partial charge in [0.15, 0.2) is 0 Å². The Balaban J connectivity index is 2.83. The molecule has 0 aromatic heterocycles. The Bertz CT molecular complexity index is 365. The van der Waals surface area contributed by atoms with Crippen LogP contribution in [-0.4, -0.2) is 12.5 Å². The van der Waals surface area contributed by atoms with Crippen molar-refractivity contribution in [2.45, 2.75) is 6.04 Å². The molecular formula is C11H13FN2O. The first-order valence-electron chi connectivity index (χ1n) is 4.55. The third kappa shape index (κ3) is 3.18. The van der Waals surface area contributed by atoms with Crippen LogP contribution in [0.3, 0.4) is 0 Å². The second kappa shape index (κ2) is 5.26. The molecule has 0 fully saturated rings. The van der Waals surface area contributed by atoms with Crippen LogP contribution in [0.25, 0.3) is 0 Å². The molecule has 0 aliphatic rings.